The predicted molar refractivity (Wildman–Crippen MR) is 107 cm³/mol. The van der Waals surface area contributed by atoms with Gasteiger partial charge >= 0.3 is 0 Å². The second-order valence-corrected chi connectivity index (χ2v) is 6.42. The molecule has 0 aliphatic rings. The fourth-order valence-electron chi connectivity index (χ4n) is 2.78. The third kappa shape index (κ3) is 5.32. The highest BCUT2D eigenvalue weighted by Gasteiger charge is 2.23. The number of hydrazine groups is 1. The number of benzene rings is 2. The SMILES string of the molecule is Cc1occc1C(=O)NNC(=O)[C@@H](Cc1ccccc1)NC(=O)c1ccccc1. The number of hydrogen-bond donors (Lipinski definition) is 3. The van der Waals surface area contributed by atoms with Crippen LogP contribution in [0, 0.1) is 6.92 Å². The summed E-state index contributed by atoms with van der Waals surface area (Å²) in [6, 6.07) is 18.6. The van der Waals surface area contributed by atoms with Gasteiger partial charge in [-0.1, -0.05) is 48.5 Å². The van der Waals surface area contributed by atoms with Crippen LogP contribution in [0.2, 0.25) is 0 Å². The molecule has 0 spiro atoms. The minimum absolute atomic E-state index is 0.270. The molecule has 1 heterocycles. The smallest absolute Gasteiger partial charge is 0.273 e. The van der Waals surface area contributed by atoms with Gasteiger partial charge in [0.25, 0.3) is 17.7 Å². The summed E-state index contributed by atoms with van der Waals surface area (Å²) in [5.74, 6) is -0.973. The highest BCUT2D eigenvalue weighted by atomic mass is 16.3. The molecule has 29 heavy (non-hydrogen) atoms. The summed E-state index contributed by atoms with van der Waals surface area (Å²) >= 11 is 0. The van der Waals surface area contributed by atoms with Gasteiger partial charge in [0.15, 0.2) is 0 Å². The van der Waals surface area contributed by atoms with Gasteiger partial charge in [0, 0.05) is 12.0 Å². The van der Waals surface area contributed by atoms with Crippen molar-refractivity contribution in [3.05, 3.63) is 95.4 Å². The quantitative estimate of drug-likeness (QED) is 0.562. The zero-order valence-corrected chi connectivity index (χ0v) is 15.8. The fourth-order valence-corrected chi connectivity index (χ4v) is 2.78. The highest BCUT2D eigenvalue weighted by molar-refractivity contribution is 5.99. The van der Waals surface area contributed by atoms with Gasteiger partial charge in [-0.25, -0.2) is 0 Å². The minimum Gasteiger partial charge on any atom is -0.469 e. The minimum atomic E-state index is -0.879. The Hall–Kier alpha value is -3.87. The second kappa shape index (κ2) is 9.36. The summed E-state index contributed by atoms with van der Waals surface area (Å²) in [7, 11) is 0. The van der Waals surface area contributed by atoms with E-state index >= 15 is 0 Å². The van der Waals surface area contributed by atoms with Crippen molar-refractivity contribution in [2.75, 3.05) is 0 Å². The average molecular weight is 391 g/mol. The number of nitrogens with one attached hydrogen (secondary N) is 3. The summed E-state index contributed by atoms with van der Waals surface area (Å²) in [5, 5.41) is 2.73. The lowest BCUT2D eigenvalue weighted by atomic mass is 10.0. The topological polar surface area (TPSA) is 100 Å². The molecule has 0 aliphatic carbocycles. The van der Waals surface area contributed by atoms with E-state index in [9.17, 15) is 14.4 Å². The van der Waals surface area contributed by atoms with E-state index in [1.807, 2.05) is 30.3 Å². The van der Waals surface area contributed by atoms with Crippen molar-refractivity contribution in [2.24, 2.45) is 0 Å². The Morgan fingerprint density at radius 1 is 0.862 bits per heavy atom. The van der Waals surface area contributed by atoms with Gasteiger partial charge in [-0.2, -0.15) is 0 Å². The zero-order chi connectivity index (χ0) is 20.6. The van der Waals surface area contributed by atoms with Crippen LogP contribution in [0.1, 0.15) is 32.0 Å². The predicted octanol–water partition coefficient (Wildman–Crippen LogP) is 2.39. The van der Waals surface area contributed by atoms with Gasteiger partial charge in [-0.15, -0.1) is 0 Å². The molecule has 0 saturated carbocycles. The van der Waals surface area contributed by atoms with E-state index in [0.717, 1.165) is 5.56 Å². The lowest BCUT2D eigenvalue weighted by Crippen LogP contribution is -2.53. The molecule has 1 aromatic heterocycles. The molecule has 148 valence electrons. The third-order valence-electron chi connectivity index (χ3n) is 4.34. The number of furan rings is 1. The molecule has 2 aromatic carbocycles. The van der Waals surface area contributed by atoms with Crippen molar-refractivity contribution < 1.29 is 18.8 Å². The molecule has 0 aliphatic heterocycles. The van der Waals surface area contributed by atoms with E-state index in [1.54, 1.807) is 37.3 Å². The lowest BCUT2D eigenvalue weighted by molar-refractivity contribution is -0.123. The standard InChI is InChI=1S/C22H21N3O4/c1-15-18(12-13-29-15)21(27)24-25-22(28)19(14-16-8-4-2-5-9-16)23-20(26)17-10-6-3-7-11-17/h2-13,19H,14H2,1H3,(H,23,26)(H,24,27)(H,25,28)/t19-/m1/s1. The van der Waals surface area contributed by atoms with E-state index in [1.165, 1.54) is 12.3 Å². The number of carbonyl (C=O) groups is 3. The van der Waals surface area contributed by atoms with Crippen molar-refractivity contribution in [1.29, 1.82) is 0 Å². The van der Waals surface area contributed by atoms with Crippen LogP contribution >= 0.6 is 0 Å². The van der Waals surface area contributed by atoms with Crippen LogP contribution in [0.4, 0.5) is 0 Å². The molecular weight excluding hydrogens is 370 g/mol. The molecule has 0 bridgehead atoms. The van der Waals surface area contributed by atoms with Crippen LogP contribution < -0.4 is 16.2 Å². The van der Waals surface area contributed by atoms with Crippen LogP contribution in [-0.4, -0.2) is 23.8 Å². The first-order chi connectivity index (χ1) is 14.0. The van der Waals surface area contributed by atoms with E-state index in [0.29, 0.717) is 16.9 Å². The maximum Gasteiger partial charge on any atom is 0.273 e. The summed E-state index contributed by atoms with van der Waals surface area (Å²) < 4.78 is 5.09. The molecule has 3 N–H and O–H groups in total. The molecule has 7 heteroatoms. The number of rotatable bonds is 6. The van der Waals surface area contributed by atoms with Crippen molar-refractivity contribution in [2.45, 2.75) is 19.4 Å². The van der Waals surface area contributed by atoms with Crippen molar-refractivity contribution in [3.63, 3.8) is 0 Å². The second-order valence-electron chi connectivity index (χ2n) is 6.42. The summed E-state index contributed by atoms with van der Waals surface area (Å²) in [4.78, 5) is 37.4. The Bertz CT molecular complexity index is 984. The third-order valence-corrected chi connectivity index (χ3v) is 4.34. The molecule has 3 aromatic rings. The van der Waals surface area contributed by atoms with Gasteiger partial charge in [0.05, 0.1) is 11.8 Å². The van der Waals surface area contributed by atoms with Crippen LogP contribution in [0.5, 0.6) is 0 Å². The molecule has 0 saturated heterocycles. The van der Waals surface area contributed by atoms with Crippen LogP contribution in [-0.2, 0) is 11.2 Å². The Kier molecular flexibility index (Phi) is 6.42. The van der Waals surface area contributed by atoms with Crippen LogP contribution in [0.15, 0.2) is 77.4 Å². The largest absolute Gasteiger partial charge is 0.469 e. The fraction of sp³-hybridized carbons (Fsp3) is 0.136. The summed E-state index contributed by atoms with van der Waals surface area (Å²) in [6.45, 7) is 1.65. The maximum absolute atomic E-state index is 12.7. The lowest BCUT2D eigenvalue weighted by Gasteiger charge is -2.19. The normalized spacial score (nSPS) is 11.3. The Labute approximate surface area is 168 Å². The monoisotopic (exact) mass is 391 g/mol. The molecular formula is C22H21N3O4. The van der Waals surface area contributed by atoms with Gasteiger partial charge in [0.1, 0.15) is 11.8 Å². The molecule has 1 atom stereocenters. The number of carbonyl (C=O) groups excluding carboxylic acids is 3. The first kappa shape index (κ1) is 19.9. The van der Waals surface area contributed by atoms with Crippen molar-refractivity contribution in [3.8, 4) is 0 Å². The Morgan fingerprint density at radius 2 is 1.52 bits per heavy atom. The first-order valence-electron chi connectivity index (χ1n) is 9.08. The van der Waals surface area contributed by atoms with E-state index < -0.39 is 17.9 Å². The highest BCUT2D eigenvalue weighted by Crippen LogP contribution is 2.08. The average Bonchev–Trinajstić information content (AvgIpc) is 3.18. The van der Waals surface area contributed by atoms with Crippen LogP contribution in [0.3, 0.4) is 0 Å². The number of hydrogen-bond acceptors (Lipinski definition) is 4. The van der Waals surface area contributed by atoms with Gasteiger partial charge in [-0.05, 0) is 30.7 Å². The van der Waals surface area contributed by atoms with Gasteiger partial charge in [-0.3, -0.25) is 25.2 Å². The molecule has 3 amide bonds. The van der Waals surface area contributed by atoms with E-state index in [2.05, 4.69) is 16.2 Å². The molecule has 0 fully saturated rings. The Morgan fingerprint density at radius 3 is 2.14 bits per heavy atom. The number of amides is 3. The molecule has 0 unspecified atom stereocenters. The molecule has 0 radical (unpaired) electrons. The van der Waals surface area contributed by atoms with Crippen molar-refractivity contribution >= 4 is 17.7 Å². The molecule has 3 rings (SSSR count). The molecule has 7 nitrogen and oxygen atoms in total. The zero-order valence-electron chi connectivity index (χ0n) is 15.8. The number of aryl methyl sites for hydroxylation is 1. The van der Waals surface area contributed by atoms with Crippen LogP contribution in [0.25, 0.3) is 0 Å². The summed E-state index contributed by atoms with van der Waals surface area (Å²) in [5.41, 5.74) is 6.37. The van der Waals surface area contributed by atoms with Gasteiger partial charge < -0.3 is 9.73 Å². The van der Waals surface area contributed by atoms with Gasteiger partial charge in [0.2, 0.25) is 0 Å². The summed E-state index contributed by atoms with van der Waals surface area (Å²) in [6.07, 6.45) is 1.66. The maximum atomic E-state index is 12.7. The Balaban J connectivity index is 1.69. The van der Waals surface area contributed by atoms with Crippen molar-refractivity contribution in [1.82, 2.24) is 16.2 Å². The first-order valence-corrected chi connectivity index (χ1v) is 9.08. The van der Waals surface area contributed by atoms with E-state index in [4.69, 9.17) is 4.42 Å². The van der Waals surface area contributed by atoms with E-state index in [-0.39, 0.29) is 12.3 Å².